The molecule has 10 heavy (non-hydrogen) atoms. The van der Waals surface area contributed by atoms with Crippen molar-refractivity contribution in [2.24, 2.45) is 7.05 Å². The summed E-state index contributed by atoms with van der Waals surface area (Å²) in [7, 11) is 1.78. The lowest BCUT2D eigenvalue weighted by Crippen LogP contribution is -1.93. The van der Waals surface area contributed by atoms with Crippen LogP contribution in [0.3, 0.4) is 0 Å². The van der Waals surface area contributed by atoms with Gasteiger partial charge in [0.2, 0.25) is 5.28 Å². The van der Waals surface area contributed by atoms with Crippen LogP contribution in [0.4, 0.5) is 0 Å². The monoisotopic (exact) mass is 159 g/mol. The molecule has 0 bridgehead atoms. The molecule has 1 heterocycles. The maximum absolute atomic E-state index is 5.66. The third-order valence-corrected chi connectivity index (χ3v) is 1.57. The summed E-state index contributed by atoms with van der Waals surface area (Å²) in [5.74, 6) is 1.14. The Morgan fingerprint density at radius 1 is 1.50 bits per heavy atom. The van der Waals surface area contributed by atoms with Crippen LogP contribution in [0, 0.1) is 0 Å². The average molecular weight is 160 g/mol. The van der Waals surface area contributed by atoms with E-state index in [1.54, 1.807) is 11.7 Å². The molecule has 0 aliphatic rings. The zero-order valence-corrected chi connectivity index (χ0v) is 7.05. The summed E-state index contributed by atoms with van der Waals surface area (Å²) < 4.78 is 1.57. The topological polar surface area (TPSA) is 30.7 Å². The van der Waals surface area contributed by atoms with Gasteiger partial charge in [-0.2, -0.15) is 5.10 Å². The minimum Gasteiger partial charge on any atom is -0.239 e. The normalized spacial score (nSPS) is 10.9. The zero-order valence-electron chi connectivity index (χ0n) is 6.30. The van der Waals surface area contributed by atoms with Crippen molar-refractivity contribution in [1.82, 2.24) is 14.8 Å². The minimum absolute atomic E-state index is 0.346. The molecule has 0 saturated heterocycles. The van der Waals surface area contributed by atoms with E-state index in [1.807, 2.05) is 13.8 Å². The predicted molar refractivity (Wildman–Crippen MR) is 40.1 cm³/mol. The highest BCUT2D eigenvalue weighted by atomic mass is 35.5. The van der Waals surface area contributed by atoms with E-state index >= 15 is 0 Å². The molecule has 0 radical (unpaired) electrons. The van der Waals surface area contributed by atoms with E-state index in [0.717, 1.165) is 5.82 Å². The van der Waals surface area contributed by atoms with Crippen molar-refractivity contribution in [3.05, 3.63) is 11.1 Å². The SMILES string of the molecule is CC(C)c1nc(Cl)n(C)n1. The first kappa shape index (κ1) is 7.54. The molecule has 3 nitrogen and oxygen atoms in total. The molecule has 0 amide bonds. The number of hydrogen-bond donors (Lipinski definition) is 0. The zero-order chi connectivity index (χ0) is 7.72. The maximum atomic E-state index is 5.66. The number of nitrogens with zero attached hydrogens (tertiary/aromatic N) is 3. The lowest BCUT2D eigenvalue weighted by Gasteiger charge is -1.93. The highest BCUT2D eigenvalue weighted by Gasteiger charge is 2.06. The van der Waals surface area contributed by atoms with Gasteiger partial charge in [-0.05, 0) is 11.6 Å². The van der Waals surface area contributed by atoms with Gasteiger partial charge in [0.25, 0.3) is 0 Å². The van der Waals surface area contributed by atoms with Gasteiger partial charge >= 0.3 is 0 Å². The molecule has 0 fully saturated rings. The fourth-order valence-electron chi connectivity index (χ4n) is 0.629. The van der Waals surface area contributed by atoms with E-state index in [4.69, 9.17) is 11.6 Å². The summed E-state index contributed by atoms with van der Waals surface area (Å²) >= 11 is 5.66. The molecule has 0 aromatic carbocycles. The van der Waals surface area contributed by atoms with Crippen LogP contribution in [0.1, 0.15) is 25.6 Å². The van der Waals surface area contributed by atoms with Gasteiger partial charge in [0.05, 0.1) is 0 Å². The minimum atomic E-state index is 0.346. The Morgan fingerprint density at radius 3 is 2.30 bits per heavy atom. The third-order valence-electron chi connectivity index (χ3n) is 1.24. The third kappa shape index (κ3) is 1.29. The second-order valence-corrected chi connectivity index (χ2v) is 2.86. The molecule has 0 saturated carbocycles. The van der Waals surface area contributed by atoms with E-state index in [0.29, 0.717) is 11.2 Å². The van der Waals surface area contributed by atoms with Gasteiger partial charge in [0.15, 0.2) is 5.82 Å². The van der Waals surface area contributed by atoms with E-state index in [1.165, 1.54) is 0 Å². The second-order valence-electron chi connectivity index (χ2n) is 2.52. The van der Waals surface area contributed by atoms with Gasteiger partial charge in [-0.1, -0.05) is 13.8 Å². The first-order chi connectivity index (χ1) is 4.61. The van der Waals surface area contributed by atoms with Crippen molar-refractivity contribution in [3.8, 4) is 0 Å². The molecule has 4 heteroatoms. The number of halogens is 1. The molecule has 1 rings (SSSR count). The summed E-state index contributed by atoms with van der Waals surface area (Å²) in [4.78, 5) is 4.03. The van der Waals surface area contributed by atoms with Crippen LogP contribution in [0.2, 0.25) is 5.28 Å². The maximum Gasteiger partial charge on any atom is 0.220 e. The Hall–Kier alpha value is -0.570. The Bertz CT molecular complexity index is 209. The van der Waals surface area contributed by atoms with Gasteiger partial charge in [0.1, 0.15) is 0 Å². The molecule has 56 valence electrons. The van der Waals surface area contributed by atoms with E-state index < -0.39 is 0 Å². The summed E-state index contributed by atoms with van der Waals surface area (Å²) in [6, 6.07) is 0. The quantitative estimate of drug-likeness (QED) is 0.623. The van der Waals surface area contributed by atoms with Crippen molar-refractivity contribution in [1.29, 1.82) is 0 Å². The number of aryl methyl sites for hydroxylation is 1. The van der Waals surface area contributed by atoms with E-state index in [9.17, 15) is 0 Å². The molecule has 0 atom stereocenters. The number of hydrogen-bond acceptors (Lipinski definition) is 2. The molecule has 0 spiro atoms. The van der Waals surface area contributed by atoms with Crippen molar-refractivity contribution in [3.63, 3.8) is 0 Å². The van der Waals surface area contributed by atoms with Crippen LogP contribution in [-0.4, -0.2) is 14.8 Å². The largest absolute Gasteiger partial charge is 0.239 e. The fraction of sp³-hybridized carbons (Fsp3) is 0.667. The molecular formula is C6H10ClN3. The second kappa shape index (κ2) is 2.58. The van der Waals surface area contributed by atoms with Crippen molar-refractivity contribution in [2.75, 3.05) is 0 Å². The molecule has 0 unspecified atom stereocenters. The molecule has 0 aliphatic heterocycles. The summed E-state index contributed by atoms with van der Waals surface area (Å²) in [6.07, 6.45) is 0. The van der Waals surface area contributed by atoms with Crippen molar-refractivity contribution < 1.29 is 0 Å². The Kier molecular flexibility index (Phi) is 1.94. The first-order valence-corrected chi connectivity index (χ1v) is 3.55. The predicted octanol–water partition coefficient (Wildman–Crippen LogP) is 1.59. The Morgan fingerprint density at radius 2 is 2.10 bits per heavy atom. The van der Waals surface area contributed by atoms with Gasteiger partial charge in [-0.3, -0.25) is 0 Å². The summed E-state index contributed by atoms with van der Waals surface area (Å²) in [6.45, 7) is 4.07. The summed E-state index contributed by atoms with van der Waals surface area (Å²) in [5.41, 5.74) is 0. The van der Waals surface area contributed by atoms with Gasteiger partial charge in [-0.15, -0.1) is 0 Å². The average Bonchev–Trinajstić information content (AvgIpc) is 2.13. The Balaban J connectivity index is 2.98. The highest BCUT2D eigenvalue weighted by molar-refractivity contribution is 6.28. The van der Waals surface area contributed by atoms with Crippen LogP contribution in [-0.2, 0) is 7.05 Å². The molecule has 1 aromatic rings. The van der Waals surface area contributed by atoms with Crippen molar-refractivity contribution in [2.45, 2.75) is 19.8 Å². The van der Waals surface area contributed by atoms with E-state index in [-0.39, 0.29) is 0 Å². The van der Waals surface area contributed by atoms with Crippen LogP contribution >= 0.6 is 11.6 Å². The highest BCUT2D eigenvalue weighted by Crippen LogP contribution is 2.11. The molecule has 0 aliphatic carbocycles. The lowest BCUT2D eigenvalue weighted by atomic mass is 10.2. The van der Waals surface area contributed by atoms with Gasteiger partial charge in [0, 0.05) is 13.0 Å². The molecular weight excluding hydrogens is 150 g/mol. The van der Waals surface area contributed by atoms with Gasteiger partial charge < -0.3 is 0 Å². The fourth-order valence-corrected chi connectivity index (χ4v) is 0.753. The van der Waals surface area contributed by atoms with Gasteiger partial charge in [-0.25, -0.2) is 9.67 Å². The lowest BCUT2D eigenvalue weighted by molar-refractivity contribution is 0.710. The summed E-state index contributed by atoms with van der Waals surface area (Å²) in [5, 5.41) is 4.53. The smallest absolute Gasteiger partial charge is 0.220 e. The van der Waals surface area contributed by atoms with Crippen LogP contribution < -0.4 is 0 Å². The first-order valence-electron chi connectivity index (χ1n) is 3.17. The van der Waals surface area contributed by atoms with Crippen LogP contribution in [0.15, 0.2) is 0 Å². The van der Waals surface area contributed by atoms with Crippen LogP contribution in [0.25, 0.3) is 0 Å². The van der Waals surface area contributed by atoms with Crippen molar-refractivity contribution >= 4 is 11.6 Å². The standard InChI is InChI=1S/C6H10ClN3/c1-4(2)5-8-6(7)10(3)9-5/h4H,1-3H3. The Labute approximate surface area is 65.0 Å². The molecule has 1 aromatic heterocycles. The van der Waals surface area contributed by atoms with Crippen LogP contribution in [0.5, 0.6) is 0 Å². The number of rotatable bonds is 1. The van der Waals surface area contributed by atoms with E-state index in [2.05, 4.69) is 10.1 Å². The number of aromatic nitrogens is 3. The molecule has 0 N–H and O–H groups in total.